The van der Waals surface area contributed by atoms with Crippen LogP contribution in [-0.4, -0.2) is 12.6 Å². The number of nitrogens with one attached hydrogen (secondary N) is 1. The molecule has 0 amide bonds. The van der Waals surface area contributed by atoms with Gasteiger partial charge in [-0.2, -0.15) is 0 Å². The molecule has 0 bridgehead atoms. The Balaban J connectivity index is 2.46. The van der Waals surface area contributed by atoms with E-state index in [-0.39, 0.29) is 0 Å². The molecule has 102 valence electrons. The van der Waals surface area contributed by atoms with Crippen molar-refractivity contribution in [3.05, 3.63) is 33.8 Å². The van der Waals surface area contributed by atoms with Crippen LogP contribution in [0.2, 0.25) is 0 Å². The molecule has 0 aromatic heterocycles. The van der Waals surface area contributed by atoms with Gasteiger partial charge < -0.3 is 10.1 Å². The van der Waals surface area contributed by atoms with Crippen molar-refractivity contribution in [1.82, 2.24) is 5.32 Å². The van der Waals surface area contributed by atoms with Gasteiger partial charge in [0.15, 0.2) is 0 Å². The van der Waals surface area contributed by atoms with Crippen LogP contribution in [0.25, 0.3) is 0 Å². The van der Waals surface area contributed by atoms with Crippen molar-refractivity contribution in [2.45, 2.75) is 52.8 Å². The first-order valence-electron chi connectivity index (χ1n) is 6.72. The topological polar surface area (TPSA) is 21.3 Å². The smallest absolute Gasteiger partial charge is 0.0727 e. The summed E-state index contributed by atoms with van der Waals surface area (Å²) in [5.41, 5.74) is 2.52. The Morgan fingerprint density at radius 3 is 2.72 bits per heavy atom. The molecule has 0 spiro atoms. The van der Waals surface area contributed by atoms with Gasteiger partial charge in [0.1, 0.15) is 0 Å². The van der Waals surface area contributed by atoms with Crippen LogP contribution in [0.15, 0.2) is 22.7 Å². The van der Waals surface area contributed by atoms with Gasteiger partial charge in [-0.1, -0.05) is 55.3 Å². The molecule has 2 nitrogen and oxygen atoms in total. The maximum absolute atomic E-state index is 5.63. The van der Waals surface area contributed by atoms with Crippen molar-refractivity contribution >= 4 is 15.9 Å². The molecule has 0 saturated heterocycles. The number of halogens is 1. The number of rotatable bonds is 8. The zero-order valence-electron chi connectivity index (χ0n) is 11.6. The summed E-state index contributed by atoms with van der Waals surface area (Å²) >= 11 is 3.62. The van der Waals surface area contributed by atoms with Crippen LogP contribution in [0.4, 0.5) is 0 Å². The van der Waals surface area contributed by atoms with Crippen molar-refractivity contribution in [2.24, 2.45) is 0 Å². The van der Waals surface area contributed by atoms with E-state index < -0.39 is 0 Å². The SMILES string of the molecule is CCCCOCc1ccc(CNC(C)C)cc1Br. The van der Waals surface area contributed by atoms with E-state index in [1.165, 1.54) is 17.5 Å². The average Bonchev–Trinajstić information content (AvgIpc) is 2.34. The van der Waals surface area contributed by atoms with E-state index in [9.17, 15) is 0 Å². The second kappa shape index (κ2) is 8.68. The Kier molecular flexibility index (Phi) is 7.56. The molecular formula is C15H24BrNO. The summed E-state index contributed by atoms with van der Waals surface area (Å²) in [6.45, 7) is 8.94. The number of benzene rings is 1. The van der Waals surface area contributed by atoms with Gasteiger partial charge in [-0.25, -0.2) is 0 Å². The highest BCUT2D eigenvalue weighted by Crippen LogP contribution is 2.19. The normalized spacial score (nSPS) is 11.2. The van der Waals surface area contributed by atoms with E-state index in [4.69, 9.17) is 4.74 Å². The minimum atomic E-state index is 0.515. The van der Waals surface area contributed by atoms with Gasteiger partial charge in [0.2, 0.25) is 0 Å². The highest BCUT2D eigenvalue weighted by atomic mass is 79.9. The van der Waals surface area contributed by atoms with E-state index in [1.807, 2.05) is 0 Å². The van der Waals surface area contributed by atoms with Crippen molar-refractivity contribution in [3.63, 3.8) is 0 Å². The van der Waals surface area contributed by atoms with Gasteiger partial charge in [-0.05, 0) is 23.6 Å². The van der Waals surface area contributed by atoms with Crippen LogP contribution < -0.4 is 5.32 Å². The highest BCUT2D eigenvalue weighted by Gasteiger charge is 2.02. The van der Waals surface area contributed by atoms with Crippen LogP contribution in [-0.2, 0) is 17.9 Å². The summed E-state index contributed by atoms with van der Waals surface area (Å²) < 4.78 is 6.77. The Hall–Kier alpha value is -0.380. The van der Waals surface area contributed by atoms with Crippen LogP contribution in [0.5, 0.6) is 0 Å². The minimum Gasteiger partial charge on any atom is -0.377 e. The molecule has 0 unspecified atom stereocenters. The first-order chi connectivity index (χ1) is 8.63. The van der Waals surface area contributed by atoms with Crippen LogP contribution in [0, 0.1) is 0 Å². The molecule has 1 aromatic rings. The highest BCUT2D eigenvalue weighted by molar-refractivity contribution is 9.10. The first-order valence-corrected chi connectivity index (χ1v) is 7.51. The molecule has 0 radical (unpaired) electrons. The predicted molar refractivity (Wildman–Crippen MR) is 80.7 cm³/mol. The molecule has 18 heavy (non-hydrogen) atoms. The second-order valence-corrected chi connectivity index (χ2v) is 5.72. The standard InChI is InChI=1S/C15H24BrNO/c1-4-5-8-18-11-14-7-6-13(9-15(14)16)10-17-12(2)3/h6-7,9,12,17H,4-5,8,10-11H2,1-3H3. The van der Waals surface area contributed by atoms with Gasteiger partial charge in [-0.3, -0.25) is 0 Å². The lowest BCUT2D eigenvalue weighted by molar-refractivity contribution is 0.117. The molecule has 1 rings (SSSR count). The van der Waals surface area contributed by atoms with Gasteiger partial charge in [0.25, 0.3) is 0 Å². The van der Waals surface area contributed by atoms with Gasteiger partial charge >= 0.3 is 0 Å². The quantitative estimate of drug-likeness (QED) is 0.724. The van der Waals surface area contributed by atoms with E-state index in [0.717, 1.165) is 24.0 Å². The van der Waals surface area contributed by atoms with E-state index in [0.29, 0.717) is 12.6 Å². The number of unbranched alkanes of at least 4 members (excludes halogenated alkanes) is 1. The first kappa shape index (κ1) is 15.7. The third-order valence-electron chi connectivity index (χ3n) is 2.73. The Labute approximate surface area is 119 Å². The lowest BCUT2D eigenvalue weighted by Crippen LogP contribution is -2.21. The maximum atomic E-state index is 5.63. The molecule has 1 N–H and O–H groups in total. The Bertz CT molecular complexity index is 352. The summed E-state index contributed by atoms with van der Waals surface area (Å²) in [6.07, 6.45) is 2.31. The summed E-state index contributed by atoms with van der Waals surface area (Å²) in [5.74, 6) is 0. The maximum Gasteiger partial charge on any atom is 0.0727 e. The third-order valence-corrected chi connectivity index (χ3v) is 3.47. The average molecular weight is 314 g/mol. The van der Waals surface area contributed by atoms with Crippen molar-refractivity contribution in [1.29, 1.82) is 0 Å². The van der Waals surface area contributed by atoms with E-state index in [2.05, 4.69) is 60.2 Å². The minimum absolute atomic E-state index is 0.515. The van der Waals surface area contributed by atoms with Crippen LogP contribution in [0.3, 0.4) is 0 Å². The molecule has 1 aromatic carbocycles. The van der Waals surface area contributed by atoms with Gasteiger partial charge in [0, 0.05) is 23.7 Å². The summed E-state index contributed by atoms with van der Waals surface area (Å²) in [5, 5.41) is 3.42. The molecule has 0 atom stereocenters. The number of hydrogen-bond acceptors (Lipinski definition) is 2. The van der Waals surface area contributed by atoms with Crippen molar-refractivity contribution in [3.8, 4) is 0 Å². The predicted octanol–water partition coefficient (Wildman–Crippen LogP) is 4.26. The van der Waals surface area contributed by atoms with Crippen LogP contribution in [0.1, 0.15) is 44.7 Å². The zero-order chi connectivity index (χ0) is 13.4. The lowest BCUT2D eigenvalue weighted by Gasteiger charge is -2.11. The van der Waals surface area contributed by atoms with Gasteiger partial charge in [0.05, 0.1) is 6.61 Å². The zero-order valence-corrected chi connectivity index (χ0v) is 13.2. The molecular weight excluding hydrogens is 290 g/mol. The molecule has 0 aliphatic rings. The monoisotopic (exact) mass is 313 g/mol. The molecule has 3 heteroatoms. The fourth-order valence-corrected chi connectivity index (χ4v) is 2.11. The fourth-order valence-electron chi connectivity index (χ4n) is 1.57. The molecule has 0 fully saturated rings. The summed E-state index contributed by atoms with van der Waals surface area (Å²) in [7, 11) is 0. The molecule has 0 heterocycles. The number of hydrogen-bond donors (Lipinski definition) is 1. The summed E-state index contributed by atoms with van der Waals surface area (Å²) in [4.78, 5) is 0. The van der Waals surface area contributed by atoms with E-state index in [1.54, 1.807) is 0 Å². The van der Waals surface area contributed by atoms with E-state index >= 15 is 0 Å². The van der Waals surface area contributed by atoms with Crippen molar-refractivity contribution in [2.75, 3.05) is 6.61 Å². The molecule has 0 saturated carbocycles. The molecule has 0 aliphatic heterocycles. The number of ether oxygens (including phenoxy) is 1. The lowest BCUT2D eigenvalue weighted by atomic mass is 10.1. The Morgan fingerprint density at radius 2 is 2.11 bits per heavy atom. The largest absolute Gasteiger partial charge is 0.377 e. The van der Waals surface area contributed by atoms with Crippen molar-refractivity contribution < 1.29 is 4.74 Å². The summed E-state index contributed by atoms with van der Waals surface area (Å²) in [6, 6.07) is 7.00. The Morgan fingerprint density at radius 1 is 1.33 bits per heavy atom. The van der Waals surface area contributed by atoms with Crippen LogP contribution >= 0.6 is 15.9 Å². The fraction of sp³-hybridized carbons (Fsp3) is 0.600. The molecule has 0 aliphatic carbocycles. The third kappa shape index (κ3) is 5.98. The van der Waals surface area contributed by atoms with Gasteiger partial charge in [-0.15, -0.1) is 0 Å². The second-order valence-electron chi connectivity index (χ2n) is 4.87.